The van der Waals surface area contributed by atoms with Crippen molar-refractivity contribution in [2.24, 2.45) is 0 Å². The topological polar surface area (TPSA) is 108 Å². The summed E-state index contributed by atoms with van der Waals surface area (Å²) >= 11 is 1.55. The number of nitrogens with one attached hydrogen (secondary N) is 2. The lowest BCUT2D eigenvalue weighted by molar-refractivity contribution is 0.0991. The number of aromatic amines is 1. The van der Waals surface area contributed by atoms with E-state index >= 15 is 0 Å². The van der Waals surface area contributed by atoms with Crippen molar-refractivity contribution >= 4 is 33.1 Å². The van der Waals surface area contributed by atoms with E-state index in [0.29, 0.717) is 18.9 Å². The van der Waals surface area contributed by atoms with Crippen LogP contribution in [0.5, 0.6) is 0 Å². The third-order valence-corrected chi connectivity index (χ3v) is 7.00. The summed E-state index contributed by atoms with van der Waals surface area (Å²) in [5, 5.41) is 11.2. The van der Waals surface area contributed by atoms with Gasteiger partial charge in [0.05, 0.1) is 10.6 Å². The Morgan fingerprint density at radius 2 is 2.04 bits per heavy atom. The van der Waals surface area contributed by atoms with Crippen molar-refractivity contribution in [3.05, 3.63) is 41.5 Å². The summed E-state index contributed by atoms with van der Waals surface area (Å²) in [6.07, 6.45) is 2.69. The van der Waals surface area contributed by atoms with Crippen molar-refractivity contribution in [1.29, 1.82) is 0 Å². The first-order chi connectivity index (χ1) is 13.0. The summed E-state index contributed by atoms with van der Waals surface area (Å²) in [5.41, 5.74) is 0.785. The summed E-state index contributed by atoms with van der Waals surface area (Å²) in [5.74, 6) is -0.300. The van der Waals surface area contributed by atoms with Crippen LogP contribution in [-0.4, -0.2) is 41.9 Å². The maximum atomic E-state index is 12.6. The van der Waals surface area contributed by atoms with Gasteiger partial charge < -0.3 is 9.73 Å². The molecule has 8 nitrogen and oxygen atoms in total. The molecule has 0 saturated carbocycles. The highest BCUT2D eigenvalue weighted by Crippen LogP contribution is 2.25. The predicted molar refractivity (Wildman–Crippen MR) is 101 cm³/mol. The Labute approximate surface area is 160 Å². The maximum absolute atomic E-state index is 12.6. The molecule has 3 aromatic rings. The van der Waals surface area contributed by atoms with Crippen LogP contribution < -0.4 is 5.32 Å². The molecule has 1 aliphatic heterocycles. The van der Waals surface area contributed by atoms with Crippen molar-refractivity contribution in [2.75, 3.05) is 18.4 Å². The first-order valence-corrected chi connectivity index (χ1v) is 10.9. The molecule has 0 radical (unpaired) electrons. The van der Waals surface area contributed by atoms with Crippen LogP contribution in [0.2, 0.25) is 0 Å². The van der Waals surface area contributed by atoms with Crippen LogP contribution in [0.15, 0.2) is 45.2 Å². The standard InChI is InChI=1S/C17H18N4O4S2/c22-17(18-15-11-12(19-20-15)14-5-4-10-26-14)13-6-7-16(25-13)27(23,24)21-8-2-1-3-9-21/h4-7,10-11H,1-3,8-9H2,(H2,18,19,20,22). The van der Waals surface area contributed by atoms with Crippen LogP contribution in [-0.2, 0) is 10.0 Å². The quantitative estimate of drug-likeness (QED) is 0.677. The fourth-order valence-electron chi connectivity index (χ4n) is 2.94. The number of aromatic nitrogens is 2. The number of hydrogen-bond acceptors (Lipinski definition) is 6. The van der Waals surface area contributed by atoms with Gasteiger partial charge in [0, 0.05) is 19.2 Å². The molecule has 0 unspecified atom stereocenters. The summed E-state index contributed by atoms with van der Waals surface area (Å²) in [6, 6.07) is 8.25. The van der Waals surface area contributed by atoms with E-state index in [1.165, 1.54) is 16.4 Å². The number of H-pyrrole nitrogens is 1. The highest BCUT2D eigenvalue weighted by atomic mass is 32.2. The number of carbonyl (C=O) groups is 1. The van der Waals surface area contributed by atoms with Gasteiger partial charge in [-0.15, -0.1) is 11.3 Å². The Kier molecular flexibility index (Phi) is 4.85. The molecule has 0 bridgehead atoms. The zero-order valence-electron chi connectivity index (χ0n) is 14.3. The molecule has 4 rings (SSSR count). The molecule has 4 heterocycles. The second kappa shape index (κ2) is 7.29. The Balaban J connectivity index is 1.47. The number of sulfonamides is 1. The zero-order valence-corrected chi connectivity index (χ0v) is 16.0. The van der Waals surface area contributed by atoms with Crippen molar-refractivity contribution in [2.45, 2.75) is 24.4 Å². The Morgan fingerprint density at radius 1 is 1.22 bits per heavy atom. The molecule has 1 fully saturated rings. The second-order valence-electron chi connectivity index (χ2n) is 6.18. The number of furan rings is 1. The molecule has 142 valence electrons. The largest absolute Gasteiger partial charge is 0.438 e. The molecule has 27 heavy (non-hydrogen) atoms. The fourth-order valence-corrected chi connectivity index (χ4v) is 5.06. The highest BCUT2D eigenvalue weighted by molar-refractivity contribution is 7.89. The number of hydrogen-bond donors (Lipinski definition) is 2. The van der Waals surface area contributed by atoms with Crippen molar-refractivity contribution in [1.82, 2.24) is 14.5 Å². The summed E-state index contributed by atoms with van der Waals surface area (Å²) in [4.78, 5) is 13.4. The van der Waals surface area contributed by atoms with Gasteiger partial charge in [-0.3, -0.25) is 9.89 Å². The Hall–Kier alpha value is -2.43. The SMILES string of the molecule is O=C(Nc1cc(-c2cccs2)[nH]n1)c1ccc(S(=O)(=O)N2CCCCC2)o1. The fraction of sp³-hybridized carbons (Fsp3) is 0.294. The number of carbonyl (C=O) groups excluding carboxylic acids is 1. The van der Waals surface area contributed by atoms with Gasteiger partial charge in [0.1, 0.15) is 0 Å². The van der Waals surface area contributed by atoms with E-state index in [0.717, 1.165) is 29.8 Å². The molecule has 0 aliphatic carbocycles. The molecular weight excluding hydrogens is 388 g/mol. The minimum atomic E-state index is -3.71. The second-order valence-corrected chi connectivity index (χ2v) is 9.00. The minimum Gasteiger partial charge on any atom is -0.438 e. The van der Waals surface area contributed by atoms with Crippen molar-refractivity contribution in [3.8, 4) is 10.6 Å². The lowest BCUT2D eigenvalue weighted by Crippen LogP contribution is -2.35. The van der Waals surface area contributed by atoms with Crippen LogP contribution in [0, 0.1) is 0 Å². The van der Waals surface area contributed by atoms with E-state index in [1.807, 2.05) is 17.5 Å². The number of anilines is 1. The lowest BCUT2D eigenvalue weighted by Gasteiger charge is -2.24. The first-order valence-electron chi connectivity index (χ1n) is 8.55. The van der Waals surface area contributed by atoms with Gasteiger partial charge in [0.15, 0.2) is 11.6 Å². The number of nitrogens with zero attached hydrogens (tertiary/aromatic N) is 2. The number of thiophene rings is 1. The molecule has 1 saturated heterocycles. The average molecular weight is 406 g/mol. The van der Waals surface area contributed by atoms with Gasteiger partial charge in [-0.05, 0) is 36.4 Å². The van der Waals surface area contributed by atoms with E-state index in [2.05, 4.69) is 15.5 Å². The maximum Gasteiger partial charge on any atom is 0.292 e. The summed E-state index contributed by atoms with van der Waals surface area (Å²) in [7, 11) is -3.71. The minimum absolute atomic E-state index is 0.0775. The van der Waals surface area contributed by atoms with Crippen molar-refractivity contribution < 1.29 is 17.6 Å². The van der Waals surface area contributed by atoms with Crippen LogP contribution in [0.4, 0.5) is 5.82 Å². The normalized spacial score (nSPS) is 15.7. The van der Waals surface area contributed by atoms with E-state index < -0.39 is 15.9 Å². The lowest BCUT2D eigenvalue weighted by atomic mass is 10.2. The molecule has 0 aromatic carbocycles. The van der Waals surface area contributed by atoms with E-state index in [-0.39, 0.29) is 10.9 Å². The van der Waals surface area contributed by atoms with Gasteiger partial charge in [0.2, 0.25) is 5.09 Å². The predicted octanol–water partition coefficient (Wildman–Crippen LogP) is 3.16. The molecular formula is C17H18N4O4S2. The van der Waals surface area contributed by atoms with E-state index in [9.17, 15) is 13.2 Å². The van der Waals surface area contributed by atoms with Crippen LogP contribution in [0.25, 0.3) is 10.6 Å². The monoisotopic (exact) mass is 406 g/mol. The zero-order chi connectivity index (χ0) is 18.9. The Bertz CT molecular complexity index is 1030. The average Bonchev–Trinajstić information content (AvgIpc) is 3.42. The first kappa shape index (κ1) is 18.0. The molecule has 2 N–H and O–H groups in total. The van der Waals surface area contributed by atoms with Gasteiger partial charge in [-0.1, -0.05) is 12.5 Å². The number of amides is 1. The third kappa shape index (κ3) is 3.68. The van der Waals surface area contributed by atoms with Gasteiger partial charge >= 0.3 is 0 Å². The van der Waals surface area contributed by atoms with Gasteiger partial charge in [-0.2, -0.15) is 9.40 Å². The molecule has 0 spiro atoms. The van der Waals surface area contributed by atoms with Gasteiger partial charge in [-0.25, -0.2) is 8.42 Å². The third-order valence-electron chi connectivity index (χ3n) is 4.32. The molecule has 1 aliphatic rings. The van der Waals surface area contributed by atoms with Crippen molar-refractivity contribution in [3.63, 3.8) is 0 Å². The molecule has 10 heteroatoms. The number of rotatable bonds is 5. The molecule has 3 aromatic heterocycles. The summed E-state index contributed by atoms with van der Waals surface area (Å²) in [6.45, 7) is 0.951. The van der Waals surface area contributed by atoms with Crippen LogP contribution >= 0.6 is 11.3 Å². The smallest absolute Gasteiger partial charge is 0.292 e. The van der Waals surface area contributed by atoms with Crippen LogP contribution in [0.3, 0.4) is 0 Å². The van der Waals surface area contributed by atoms with Gasteiger partial charge in [0.25, 0.3) is 15.9 Å². The van der Waals surface area contributed by atoms with E-state index in [1.54, 1.807) is 17.4 Å². The summed E-state index contributed by atoms with van der Waals surface area (Å²) < 4.78 is 31.9. The molecule has 1 amide bonds. The van der Waals surface area contributed by atoms with E-state index in [4.69, 9.17) is 4.42 Å². The highest BCUT2D eigenvalue weighted by Gasteiger charge is 2.29. The van der Waals surface area contributed by atoms with Crippen LogP contribution in [0.1, 0.15) is 29.8 Å². The molecule has 0 atom stereocenters. The number of piperidine rings is 1. The Morgan fingerprint density at radius 3 is 2.78 bits per heavy atom.